The summed E-state index contributed by atoms with van der Waals surface area (Å²) < 4.78 is 10.5. The van der Waals surface area contributed by atoms with Gasteiger partial charge in [0.25, 0.3) is 5.91 Å². The monoisotopic (exact) mass is 355 g/mol. The van der Waals surface area contributed by atoms with Crippen LogP contribution >= 0.6 is 0 Å². The van der Waals surface area contributed by atoms with Gasteiger partial charge in [-0.2, -0.15) is 0 Å². The van der Waals surface area contributed by atoms with Crippen LogP contribution in [0.3, 0.4) is 0 Å². The second-order valence-corrected chi connectivity index (χ2v) is 7.13. The molecule has 7 nitrogen and oxygen atoms in total. The van der Waals surface area contributed by atoms with Gasteiger partial charge in [0.05, 0.1) is 0 Å². The topological polar surface area (TPSA) is 94.3 Å². The average Bonchev–Trinajstić information content (AvgIpc) is 3.38. The highest BCUT2D eigenvalue weighted by Gasteiger charge is 2.40. The Morgan fingerprint density at radius 3 is 2.73 bits per heavy atom. The molecule has 2 bridgehead atoms. The second-order valence-electron chi connectivity index (χ2n) is 7.13. The number of anilines is 1. The molecule has 2 aromatic rings. The van der Waals surface area contributed by atoms with Crippen LogP contribution in [0, 0.1) is 17.8 Å². The van der Waals surface area contributed by atoms with Gasteiger partial charge in [0.2, 0.25) is 5.89 Å². The number of hydrogen-bond acceptors (Lipinski definition) is 6. The van der Waals surface area contributed by atoms with Crippen LogP contribution in [-0.2, 0) is 14.3 Å². The lowest BCUT2D eigenvalue weighted by atomic mass is 9.86. The van der Waals surface area contributed by atoms with Crippen molar-refractivity contribution in [1.29, 1.82) is 0 Å². The van der Waals surface area contributed by atoms with E-state index in [-0.39, 0.29) is 18.6 Å². The largest absolute Gasteiger partial charge is 0.456 e. The van der Waals surface area contributed by atoms with Crippen molar-refractivity contribution in [2.75, 3.05) is 11.9 Å². The van der Waals surface area contributed by atoms with E-state index in [9.17, 15) is 9.59 Å². The second kappa shape index (κ2) is 7.27. The SMILES string of the molecule is O=C(COC(=O)C[C@H]1C[C@@H]2CC[C@@H]1C2)Nc1nnc(-c2ccccc2)o1. The first-order valence-corrected chi connectivity index (χ1v) is 9.02. The molecule has 1 amide bonds. The molecule has 136 valence electrons. The number of aromatic nitrogens is 2. The molecule has 0 unspecified atom stereocenters. The molecule has 0 saturated heterocycles. The van der Waals surface area contributed by atoms with Gasteiger partial charge in [-0.3, -0.25) is 14.9 Å². The van der Waals surface area contributed by atoms with Crippen LogP contribution in [0.2, 0.25) is 0 Å². The van der Waals surface area contributed by atoms with Gasteiger partial charge in [-0.1, -0.05) is 29.7 Å². The van der Waals surface area contributed by atoms with Crippen molar-refractivity contribution in [3.8, 4) is 11.5 Å². The molecule has 2 fully saturated rings. The Morgan fingerprint density at radius 1 is 1.15 bits per heavy atom. The molecule has 0 spiro atoms. The van der Waals surface area contributed by atoms with Crippen LogP contribution in [0.15, 0.2) is 34.7 Å². The molecule has 7 heteroatoms. The number of rotatable bonds is 6. The lowest BCUT2D eigenvalue weighted by Crippen LogP contribution is -2.23. The van der Waals surface area contributed by atoms with Crippen LogP contribution in [0.25, 0.3) is 11.5 Å². The lowest BCUT2D eigenvalue weighted by Gasteiger charge is -2.20. The number of carbonyl (C=O) groups is 2. The van der Waals surface area contributed by atoms with Crippen LogP contribution in [0.1, 0.15) is 32.1 Å². The van der Waals surface area contributed by atoms with Gasteiger partial charge in [-0.15, -0.1) is 5.10 Å². The molecule has 3 atom stereocenters. The molecule has 1 aromatic heterocycles. The maximum Gasteiger partial charge on any atom is 0.322 e. The van der Waals surface area contributed by atoms with Crippen LogP contribution in [0.4, 0.5) is 6.01 Å². The van der Waals surface area contributed by atoms with E-state index >= 15 is 0 Å². The Bertz CT molecular complexity index is 789. The Hall–Kier alpha value is -2.70. The third-order valence-corrected chi connectivity index (χ3v) is 5.37. The highest BCUT2D eigenvalue weighted by atomic mass is 16.5. The van der Waals surface area contributed by atoms with E-state index < -0.39 is 5.91 Å². The number of carbonyl (C=O) groups excluding carboxylic acids is 2. The van der Waals surface area contributed by atoms with Gasteiger partial charge in [0.1, 0.15) is 0 Å². The van der Waals surface area contributed by atoms with Gasteiger partial charge in [0.15, 0.2) is 6.61 Å². The molecule has 1 N–H and O–H groups in total. The van der Waals surface area contributed by atoms with Crippen molar-refractivity contribution in [3.05, 3.63) is 30.3 Å². The number of hydrogen-bond donors (Lipinski definition) is 1. The number of fused-ring (bicyclic) bond motifs is 2. The minimum absolute atomic E-state index is 0.0157. The number of nitrogens with one attached hydrogen (secondary N) is 1. The van der Waals surface area contributed by atoms with Gasteiger partial charge >= 0.3 is 12.0 Å². The summed E-state index contributed by atoms with van der Waals surface area (Å²) in [5.74, 6) is 1.39. The minimum atomic E-state index is -0.491. The summed E-state index contributed by atoms with van der Waals surface area (Å²) in [6.07, 6.45) is 5.31. The minimum Gasteiger partial charge on any atom is -0.456 e. The van der Waals surface area contributed by atoms with Crippen LogP contribution in [0.5, 0.6) is 0 Å². The maximum atomic E-state index is 12.0. The molecule has 0 radical (unpaired) electrons. The van der Waals surface area contributed by atoms with Crippen molar-refractivity contribution in [1.82, 2.24) is 10.2 Å². The smallest absolute Gasteiger partial charge is 0.322 e. The summed E-state index contributed by atoms with van der Waals surface area (Å²) in [5.41, 5.74) is 0.762. The highest BCUT2D eigenvalue weighted by molar-refractivity contribution is 5.91. The zero-order valence-electron chi connectivity index (χ0n) is 14.4. The predicted molar refractivity (Wildman–Crippen MR) is 92.9 cm³/mol. The molecule has 2 saturated carbocycles. The lowest BCUT2D eigenvalue weighted by molar-refractivity contribution is -0.148. The molecule has 2 aliphatic rings. The Morgan fingerprint density at radius 2 is 2.00 bits per heavy atom. The molecule has 1 aromatic carbocycles. The van der Waals surface area contributed by atoms with Crippen molar-refractivity contribution in [2.24, 2.45) is 17.8 Å². The van der Waals surface area contributed by atoms with E-state index in [2.05, 4.69) is 15.5 Å². The number of benzene rings is 1. The maximum absolute atomic E-state index is 12.0. The standard InChI is InChI=1S/C19H21N3O4/c23-16(11-25-17(24)10-15-9-12-6-7-14(15)8-12)20-19-22-21-18(26-19)13-4-2-1-3-5-13/h1-5,12,14-15H,6-11H2,(H,20,22,23)/t12-,14-,15-/m1/s1. The molecule has 26 heavy (non-hydrogen) atoms. The zero-order chi connectivity index (χ0) is 17.9. The third-order valence-electron chi connectivity index (χ3n) is 5.37. The fourth-order valence-electron chi connectivity index (χ4n) is 4.17. The summed E-state index contributed by atoms with van der Waals surface area (Å²) >= 11 is 0. The number of ether oxygens (including phenoxy) is 1. The van der Waals surface area contributed by atoms with Crippen molar-refractivity contribution in [2.45, 2.75) is 32.1 Å². The molecule has 1 heterocycles. The highest BCUT2D eigenvalue weighted by Crippen LogP contribution is 2.49. The normalized spacial score (nSPS) is 23.8. The zero-order valence-corrected chi connectivity index (χ0v) is 14.4. The summed E-state index contributed by atoms with van der Waals surface area (Å²) in [6.45, 7) is -0.345. The van der Waals surface area contributed by atoms with E-state index in [1.165, 1.54) is 19.3 Å². The van der Waals surface area contributed by atoms with Gasteiger partial charge < -0.3 is 9.15 Å². The van der Waals surface area contributed by atoms with E-state index in [1.54, 1.807) is 0 Å². The summed E-state index contributed by atoms with van der Waals surface area (Å²) in [7, 11) is 0. The average molecular weight is 355 g/mol. The molecule has 4 rings (SSSR count). The Kier molecular flexibility index (Phi) is 4.69. The summed E-state index contributed by atoms with van der Waals surface area (Å²) in [4.78, 5) is 23.9. The van der Waals surface area contributed by atoms with Crippen molar-refractivity contribution in [3.63, 3.8) is 0 Å². The third kappa shape index (κ3) is 3.76. The first-order chi connectivity index (χ1) is 12.7. The van der Waals surface area contributed by atoms with Crippen LogP contribution in [-0.4, -0.2) is 28.7 Å². The van der Waals surface area contributed by atoms with Gasteiger partial charge in [0, 0.05) is 12.0 Å². The molecular formula is C19H21N3O4. The first kappa shape index (κ1) is 16.8. The number of nitrogens with zero attached hydrogens (tertiary/aromatic N) is 2. The van der Waals surface area contributed by atoms with E-state index in [1.807, 2.05) is 30.3 Å². The van der Waals surface area contributed by atoms with E-state index in [0.717, 1.165) is 17.9 Å². The first-order valence-electron chi connectivity index (χ1n) is 9.02. The van der Waals surface area contributed by atoms with E-state index in [0.29, 0.717) is 24.1 Å². The Labute approximate surface area is 151 Å². The van der Waals surface area contributed by atoms with Gasteiger partial charge in [-0.25, -0.2) is 0 Å². The van der Waals surface area contributed by atoms with Crippen molar-refractivity contribution < 1.29 is 18.7 Å². The molecular weight excluding hydrogens is 334 g/mol. The predicted octanol–water partition coefficient (Wildman–Crippen LogP) is 3.04. The summed E-state index contributed by atoms with van der Waals surface area (Å²) in [5, 5.41) is 10.1. The summed E-state index contributed by atoms with van der Waals surface area (Å²) in [6, 6.07) is 9.24. The quantitative estimate of drug-likeness (QED) is 0.801. The number of esters is 1. The fraction of sp³-hybridized carbons (Fsp3) is 0.474. The van der Waals surface area contributed by atoms with E-state index in [4.69, 9.17) is 9.15 Å². The number of amides is 1. The Balaban J connectivity index is 1.23. The van der Waals surface area contributed by atoms with Crippen LogP contribution < -0.4 is 5.32 Å². The van der Waals surface area contributed by atoms with Gasteiger partial charge in [-0.05, 0) is 49.1 Å². The molecule has 0 aliphatic heterocycles. The molecule has 2 aliphatic carbocycles. The fourth-order valence-corrected chi connectivity index (χ4v) is 4.17. The van der Waals surface area contributed by atoms with Crippen molar-refractivity contribution >= 4 is 17.9 Å².